The average Bonchev–Trinajstić information content (AvgIpc) is 3.01. The molecule has 1 aliphatic rings. The van der Waals surface area contributed by atoms with Crippen molar-refractivity contribution in [1.29, 1.82) is 0 Å². The van der Waals surface area contributed by atoms with Gasteiger partial charge in [0.05, 0.1) is 10.6 Å². The van der Waals surface area contributed by atoms with Gasteiger partial charge in [-0.1, -0.05) is 51.5 Å². The fraction of sp³-hybridized carbons (Fsp3) is 0.208. The van der Waals surface area contributed by atoms with Gasteiger partial charge in [-0.05, 0) is 55.3 Å². The Morgan fingerprint density at radius 3 is 2.52 bits per heavy atom. The van der Waals surface area contributed by atoms with Crippen molar-refractivity contribution in [1.82, 2.24) is 4.57 Å². The highest BCUT2D eigenvalue weighted by Gasteiger charge is 2.30. The van der Waals surface area contributed by atoms with Crippen LogP contribution < -0.4 is 19.8 Å². The van der Waals surface area contributed by atoms with Gasteiger partial charge in [0.25, 0.3) is 5.56 Å². The summed E-state index contributed by atoms with van der Waals surface area (Å²) in [6, 6.07) is 15.3. The van der Waals surface area contributed by atoms with Crippen molar-refractivity contribution in [3.63, 3.8) is 0 Å². The maximum Gasteiger partial charge on any atom is 0.271 e. The molecule has 0 spiro atoms. The fourth-order valence-electron chi connectivity index (χ4n) is 3.79. The Morgan fingerprint density at radius 1 is 1.19 bits per heavy atom. The first kappa shape index (κ1) is 21.5. The fourth-order valence-corrected chi connectivity index (χ4v) is 5.25. The number of carbonyl (C=O) groups excluding carboxylic acids is 1. The number of thiazole rings is 1. The van der Waals surface area contributed by atoms with Gasteiger partial charge in [0, 0.05) is 35.5 Å². The molecule has 31 heavy (non-hydrogen) atoms. The van der Waals surface area contributed by atoms with Crippen LogP contribution in [-0.4, -0.2) is 24.4 Å². The molecule has 0 radical (unpaired) electrons. The lowest BCUT2D eigenvalue weighted by atomic mass is 9.93. The molecule has 4 rings (SSSR count). The third kappa shape index (κ3) is 4.07. The minimum absolute atomic E-state index is 0.0794. The molecule has 0 bridgehead atoms. The Kier molecular flexibility index (Phi) is 5.81. The van der Waals surface area contributed by atoms with Gasteiger partial charge in [-0.3, -0.25) is 14.2 Å². The molecule has 7 heteroatoms. The van der Waals surface area contributed by atoms with Crippen molar-refractivity contribution in [2.75, 3.05) is 19.0 Å². The number of hydrogen-bond donors (Lipinski definition) is 0. The van der Waals surface area contributed by atoms with E-state index in [4.69, 9.17) is 0 Å². The number of halogens is 1. The SMILES string of the molecule is CC(=O)C1=C(C)N=c2s/c(=C/c3cccc(Br)c3)c(=O)n2[C@@H]1c1ccc(N(C)C)cc1. The van der Waals surface area contributed by atoms with E-state index in [1.807, 2.05) is 80.5 Å². The molecule has 1 atom stereocenters. The number of ketones is 1. The van der Waals surface area contributed by atoms with Gasteiger partial charge in [0.15, 0.2) is 10.6 Å². The third-order valence-corrected chi connectivity index (χ3v) is 6.75. The molecule has 0 saturated carbocycles. The van der Waals surface area contributed by atoms with Crippen LogP contribution in [0.2, 0.25) is 0 Å². The normalized spacial score (nSPS) is 16.2. The van der Waals surface area contributed by atoms with Crippen molar-refractivity contribution >= 4 is 44.8 Å². The highest BCUT2D eigenvalue weighted by atomic mass is 79.9. The van der Waals surface area contributed by atoms with Crippen molar-refractivity contribution < 1.29 is 4.79 Å². The molecule has 0 N–H and O–H groups in total. The van der Waals surface area contributed by atoms with Crippen molar-refractivity contribution in [3.8, 4) is 0 Å². The van der Waals surface area contributed by atoms with E-state index in [1.54, 1.807) is 4.57 Å². The van der Waals surface area contributed by atoms with Crippen LogP contribution in [0.5, 0.6) is 0 Å². The van der Waals surface area contributed by atoms with Gasteiger partial charge in [0.1, 0.15) is 0 Å². The Labute approximate surface area is 192 Å². The molecule has 0 amide bonds. The number of allylic oxidation sites excluding steroid dienone is 2. The second-order valence-electron chi connectivity index (χ2n) is 7.68. The van der Waals surface area contributed by atoms with Crippen LogP contribution >= 0.6 is 27.3 Å². The number of carbonyl (C=O) groups is 1. The molecule has 5 nitrogen and oxygen atoms in total. The number of fused-ring (bicyclic) bond motifs is 1. The molecule has 0 unspecified atom stereocenters. The monoisotopic (exact) mass is 495 g/mol. The van der Waals surface area contributed by atoms with Gasteiger partial charge >= 0.3 is 0 Å². The minimum Gasteiger partial charge on any atom is -0.378 e. The molecule has 0 fully saturated rings. The summed E-state index contributed by atoms with van der Waals surface area (Å²) in [5.41, 5.74) is 3.94. The van der Waals surface area contributed by atoms with E-state index < -0.39 is 6.04 Å². The van der Waals surface area contributed by atoms with Gasteiger partial charge in [-0.2, -0.15) is 0 Å². The molecular weight excluding hydrogens is 474 g/mol. The maximum absolute atomic E-state index is 13.5. The molecule has 2 aromatic carbocycles. The molecule has 1 aliphatic heterocycles. The quantitative estimate of drug-likeness (QED) is 0.554. The van der Waals surface area contributed by atoms with E-state index in [1.165, 1.54) is 18.3 Å². The lowest BCUT2D eigenvalue weighted by Crippen LogP contribution is -2.39. The highest BCUT2D eigenvalue weighted by molar-refractivity contribution is 9.10. The van der Waals surface area contributed by atoms with Gasteiger partial charge in [-0.25, -0.2) is 4.99 Å². The summed E-state index contributed by atoms with van der Waals surface area (Å²) < 4.78 is 3.19. The smallest absolute Gasteiger partial charge is 0.271 e. The summed E-state index contributed by atoms with van der Waals surface area (Å²) in [4.78, 5) is 33.3. The summed E-state index contributed by atoms with van der Waals surface area (Å²) in [7, 11) is 3.95. The van der Waals surface area contributed by atoms with Crippen LogP contribution in [0, 0.1) is 0 Å². The number of Topliss-reactive ketones (excluding diaryl/α,β-unsaturated/α-hetero) is 1. The number of rotatable bonds is 4. The molecule has 3 aromatic rings. The zero-order valence-corrected chi connectivity index (χ0v) is 20.1. The summed E-state index contributed by atoms with van der Waals surface area (Å²) in [5.74, 6) is -0.0794. The Hall–Kier alpha value is -2.77. The predicted octanol–water partition coefficient (Wildman–Crippen LogP) is 3.65. The molecule has 158 valence electrons. The number of anilines is 1. The lowest BCUT2D eigenvalue weighted by molar-refractivity contribution is -0.114. The zero-order chi connectivity index (χ0) is 22.3. The first-order valence-electron chi connectivity index (χ1n) is 9.82. The molecule has 0 saturated heterocycles. The number of aromatic nitrogens is 1. The largest absolute Gasteiger partial charge is 0.378 e. The van der Waals surface area contributed by atoms with Crippen molar-refractivity contribution in [2.24, 2.45) is 4.99 Å². The molecular formula is C24H22BrN3O2S. The Morgan fingerprint density at radius 2 is 1.90 bits per heavy atom. The van der Waals surface area contributed by atoms with E-state index in [0.29, 0.717) is 20.6 Å². The second kappa shape index (κ2) is 8.40. The Bertz CT molecular complexity index is 1380. The molecule has 2 heterocycles. The van der Waals surface area contributed by atoms with Crippen molar-refractivity contribution in [2.45, 2.75) is 19.9 Å². The van der Waals surface area contributed by atoms with Gasteiger partial charge in [-0.15, -0.1) is 0 Å². The minimum atomic E-state index is -0.491. The number of hydrogen-bond acceptors (Lipinski definition) is 5. The van der Waals surface area contributed by atoms with Crippen molar-refractivity contribution in [3.05, 3.63) is 95.1 Å². The van der Waals surface area contributed by atoms with E-state index in [0.717, 1.165) is 21.3 Å². The van der Waals surface area contributed by atoms with Crippen LogP contribution in [0.15, 0.2) is 74.1 Å². The summed E-state index contributed by atoms with van der Waals surface area (Å²) in [6.45, 7) is 3.37. The third-order valence-electron chi connectivity index (χ3n) is 5.27. The standard InChI is InChI=1S/C24H22BrN3O2S/c1-14-21(15(2)29)22(17-8-10-19(11-9-17)27(3)4)28-23(30)20(31-24(28)26-14)13-16-6-5-7-18(25)12-16/h5-13,22H,1-4H3/b20-13+/t22-/m1/s1. The zero-order valence-electron chi connectivity index (χ0n) is 17.7. The van der Waals surface area contributed by atoms with E-state index in [-0.39, 0.29) is 11.3 Å². The molecule has 1 aromatic heterocycles. The van der Waals surface area contributed by atoms with Gasteiger partial charge in [0.2, 0.25) is 0 Å². The van der Waals surface area contributed by atoms with E-state index in [9.17, 15) is 9.59 Å². The van der Waals surface area contributed by atoms with Crippen LogP contribution in [0.3, 0.4) is 0 Å². The maximum atomic E-state index is 13.5. The predicted molar refractivity (Wildman–Crippen MR) is 129 cm³/mol. The summed E-state index contributed by atoms with van der Waals surface area (Å²) >= 11 is 4.82. The van der Waals surface area contributed by atoms with Crippen LogP contribution in [0.25, 0.3) is 6.08 Å². The number of benzene rings is 2. The van der Waals surface area contributed by atoms with E-state index >= 15 is 0 Å². The van der Waals surface area contributed by atoms with E-state index in [2.05, 4.69) is 20.9 Å². The van der Waals surface area contributed by atoms with Crippen LogP contribution in [0.1, 0.15) is 31.0 Å². The first-order chi connectivity index (χ1) is 14.8. The average molecular weight is 496 g/mol. The van der Waals surface area contributed by atoms with Crippen LogP contribution in [0.4, 0.5) is 5.69 Å². The number of nitrogens with zero attached hydrogens (tertiary/aromatic N) is 3. The summed E-state index contributed by atoms with van der Waals surface area (Å²) in [6.07, 6.45) is 1.87. The topological polar surface area (TPSA) is 54.7 Å². The van der Waals surface area contributed by atoms with Gasteiger partial charge < -0.3 is 4.90 Å². The highest BCUT2D eigenvalue weighted by Crippen LogP contribution is 2.31. The van der Waals surface area contributed by atoms with Crippen LogP contribution in [-0.2, 0) is 4.79 Å². The lowest BCUT2D eigenvalue weighted by Gasteiger charge is -2.25. The second-order valence-corrected chi connectivity index (χ2v) is 9.60. The molecule has 0 aliphatic carbocycles. The Balaban J connectivity index is 1.94. The summed E-state index contributed by atoms with van der Waals surface area (Å²) in [5, 5.41) is 0. The first-order valence-corrected chi connectivity index (χ1v) is 11.4.